The molecule has 3 rings (SSSR count). The highest BCUT2D eigenvalue weighted by atomic mass is 16.1. The molecule has 0 radical (unpaired) electrons. The molecule has 138 valence electrons. The number of aromatic nitrogens is 2. The number of nitrogens with zero attached hydrogens (tertiary/aromatic N) is 2. The van der Waals surface area contributed by atoms with Gasteiger partial charge in [-0.1, -0.05) is 50.8 Å². The summed E-state index contributed by atoms with van der Waals surface area (Å²) in [6.45, 7) is 4.09. The van der Waals surface area contributed by atoms with Crippen LogP contribution in [0.3, 0.4) is 0 Å². The number of nitrogens with one attached hydrogen (secondary N) is 2. The minimum absolute atomic E-state index is 0.171. The number of carbonyl (C=O) groups is 1. The average molecular weight is 352 g/mol. The molecule has 1 aromatic heterocycles. The molecule has 0 bridgehead atoms. The lowest BCUT2D eigenvalue weighted by atomic mass is 10.1. The third-order valence-electron chi connectivity index (χ3n) is 5.08. The molecule has 1 saturated carbocycles. The number of amides is 1. The summed E-state index contributed by atoms with van der Waals surface area (Å²) >= 11 is 0. The molecular formula is C21H28N4O. The van der Waals surface area contributed by atoms with E-state index in [1.165, 1.54) is 38.5 Å². The van der Waals surface area contributed by atoms with Crippen molar-refractivity contribution in [3.63, 3.8) is 0 Å². The average Bonchev–Trinajstić information content (AvgIpc) is 2.92. The molecule has 0 atom stereocenters. The Kier molecular flexibility index (Phi) is 6.21. The molecule has 1 aromatic carbocycles. The fourth-order valence-electron chi connectivity index (χ4n) is 3.51. The third-order valence-corrected chi connectivity index (χ3v) is 5.08. The highest BCUT2D eigenvalue weighted by Crippen LogP contribution is 2.22. The zero-order valence-corrected chi connectivity index (χ0v) is 15.7. The van der Waals surface area contributed by atoms with E-state index in [2.05, 4.69) is 27.5 Å². The largest absolute Gasteiger partial charge is 0.351 e. The van der Waals surface area contributed by atoms with Gasteiger partial charge in [0, 0.05) is 24.1 Å². The molecule has 2 N–H and O–H groups in total. The molecule has 5 heteroatoms. The van der Waals surface area contributed by atoms with E-state index in [1.54, 1.807) is 12.4 Å². The van der Waals surface area contributed by atoms with E-state index < -0.39 is 0 Å². The van der Waals surface area contributed by atoms with E-state index in [9.17, 15) is 4.79 Å². The van der Waals surface area contributed by atoms with Gasteiger partial charge in [0.05, 0.1) is 5.56 Å². The van der Waals surface area contributed by atoms with Crippen molar-refractivity contribution in [3.8, 4) is 0 Å². The second-order valence-electron chi connectivity index (χ2n) is 7.04. The van der Waals surface area contributed by atoms with Crippen LogP contribution in [0.25, 0.3) is 0 Å². The Hall–Kier alpha value is -2.43. The van der Waals surface area contributed by atoms with E-state index in [1.807, 2.05) is 25.1 Å². The Balaban J connectivity index is 1.65. The zero-order chi connectivity index (χ0) is 18.4. The van der Waals surface area contributed by atoms with Crippen molar-refractivity contribution in [2.24, 2.45) is 0 Å². The number of hydrogen-bond acceptors (Lipinski definition) is 4. The monoisotopic (exact) mass is 352 g/mol. The van der Waals surface area contributed by atoms with Gasteiger partial charge in [0.2, 0.25) is 5.95 Å². The number of hydrogen-bond donors (Lipinski definition) is 2. The number of carbonyl (C=O) groups excluding carboxylic acids is 1. The molecular weight excluding hydrogens is 324 g/mol. The van der Waals surface area contributed by atoms with E-state index in [0.29, 0.717) is 17.6 Å². The SMILES string of the molecule is CCc1cccc(C)c1NC(=O)c1cnc(NC2CCCCCC2)nc1. The number of rotatable bonds is 5. The number of aryl methyl sites for hydroxylation is 2. The fourth-order valence-corrected chi connectivity index (χ4v) is 3.51. The molecule has 1 amide bonds. The van der Waals surface area contributed by atoms with Crippen molar-refractivity contribution >= 4 is 17.5 Å². The molecule has 0 aliphatic heterocycles. The van der Waals surface area contributed by atoms with Crippen molar-refractivity contribution < 1.29 is 4.79 Å². The van der Waals surface area contributed by atoms with Gasteiger partial charge in [-0.05, 0) is 37.3 Å². The number of anilines is 2. The summed E-state index contributed by atoms with van der Waals surface area (Å²) in [7, 11) is 0. The van der Waals surface area contributed by atoms with Crippen LogP contribution in [0, 0.1) is 6.92 Å². The number of benzene rings is 1. The lowest BCUT2D eigenvalue weighted by Gasteiger charge is -2.16. The normalized spacial score (nSPS) is 15.3. The van der Waals surface area contributed by atoms with Crippen LogP contribution in [-0.4, -0.2) is 21.9 Å². The fraction of sp³-hybridized carbons (Fsp3) is 0.476. The highest BCUT2D eigenvalue weighted by Gasteiger charge is 2.15. The van der Waals surface area contributed by atoms with Crippen LogP contribution < -0.4 is 10.6 Å². The minimum atomic E-state index is -0.171. The van der Waals surface area contributed by atoms with Crippen molar-refractivity contribution in [1.29, 1.82) is 0 Å². The molecule has 26 heavy (non-hydrogen) atoms. The summed E-state index contributed by atoms with van der Waals surface area (Å²) in [6, 6.07) is 6.50. The van der Waals surface area contributed by atoms with E-state index in [0.717, 1.165) is 23.2 Å². The molecule has 0 spiro atoms. The Morgan fingerprint density at radius 2 is 1.81 bits per heavy atom. The first-order valence-electron chi connectivity index (χ1n) is 9.65. The molecule has 5 nitrogen and oxygen atoms in total. The van der Waals surface area contributed by atoms with Crippen molar-refractivity contribution in [3.05, 3.63) is 47.3 Å². The maximum Gasteiger partial charge on any atom is 0.258 e. The predicted octanol–water partition coefficient (Wildman–Crippen LogP) is 4.73. The first-order valence-corrected chi connectivity index (χ1v) is 9.65. The van der Waals surface area contributed by atoms with Crippen LogP contribution in [0.5, 0.6) is 0 Å². The Labute approximate surface area is 155 Å². The number of para-hydroxylation sites is 1. The molecule has 2 aromatic rings. The summed E-state index contributed by atoms with van der Waals surface area (Å²) in [6.07, 6.45) is 11.6. The van der Waals surface area contributed by atoms with Crippen molar-refractivity contribution in [1.82, 2.24) is 9.97 Å². The van der Waals surface area contributed by atoms with Gasteiger partial charge in [-0.15, -0.1) is 0 Å². The van der Waals surface area contributed by atoms with Gasteiger partial charge in [-0.2, -0.15) is 0 Å². The molecule has 0 saturated heterocycles. The summed E-state index contributed by atoms with van der Waals surface area (Å²) in [5, 5.41) is 6.43. The van der Waals surface area contributed by atoms with Gasteiger partial charge < -0.3 is 10.6 Å². The van der Waals surface area contributed by atoms with Gasteiger partial charge in [0.15, 0.2) is 0 Å². The summed E-state index contributed by atoms with van der Waals surface area (Å²) in [5.74, 6) is 0.439. The van der Waals surface area contributed by atoms with Gasteiger partial charge in [0.25, 0.3) is 5.91 Å². The maximum atomic E-state index is 12.6. The van der Waals surface area contributed by atoms with Crippen LogP contribution in [0.4, 0.5) is 11.6 Å². The minimum Gasteiger partial charge on any atom is -0.351 e. The second-order valence-corrected chi connectivity index (χ2v) is 7.04. The summed E-state index contributed by atoms with van der Waals surface area (Å²) in [4.78, 5) is 21.3. The summed E-state index contributed by atoms with van der Waals surface area (Å²) < 4.78 is 0. The molecule has 1 aliphatic rings. The Bertz CT molecular complexity index is 734. The topological polar surface area (TPSA) is 66.9 Å². The smallest absolute Gasteiger partial charge is 0.258 e. The molecule has 1 aliphatic carbocycles. The van der Waals surface area contributed by atoms with E-state index in [4.69, 9.17) is 0 Å². The van der Waals surface area contributed by atoms with Crippen LogP contribution in [0.1, 0.15) is 66.9 Å². The van der Waals surface area contributed by atoms with Crippen LogP contribution in [-0.2, 0) is 6.42 Å². The van der Waals surface area contributed by atoms with Gasteiger partial charge in [-0.25, -0.2) is 9.97 Å². The Morgan fingerprint density at radius 3 is 2.46 bits per heavy atom. The van der Waals surface area contributed by atoms with Gasteiger partial charge >= 0.3 is 0 Å². The highest BCUT2D eigenvalue weighted by molar-refractivity contribution is 6.04. The van der Waals surface area contributed by atoms with E-state index in [-0.39, 0.29) is 5.91 Å². The standard InChI is InChI=1S/C21H28N4O/c1-3-16-10-8-9-15(2)19(16)25-20(26)17-13-22-21(23-14-17)24-18-11-6-4-5-7-12-18/h8-10,13-14,18H,3-7,11-12H2,1-2H3,(H,25,26)(H,22,23,24). The van der Waals surface area contributed by atoms with Crippen molar-refractivity contribution in [2.75, 3.05) is 10.6 Å². The lowest BCUT2D eigenvalue weighted by Crippen LogP contribution is -2.20. The van der Waals surface area contributed by atoms with Crippen LogP contribution >= 0.6 is 0 Å². The van der Waals surface area contributed by atoms with Crippen LogP contribution in [0.2, 0.25) is 0 Å². The lowest BCUT2D eigenvalue weighted by molar-refractivity contribution is 0.102. The van der Waals surface area contributed by atoms with Gasteiger partial charge in [0.1, 0.15) is 0 Å². The zero-order valence-electron chi connectivity index (χ0n) is 15.7. The maximum absolute atomic E-state index is 12.6. The summed E-state index contributed by atoms with van der Waals surface area (Å²) in [5.41, 5.74) is 3.55. The molecule has 1 heterocycles. The van der Waals surface area contributed by atoms with Crippen LogP contribution in [0.15, 0.2) is 30.6 Å². The van der Waals surface area contributed by atoms with Crippen molar-refractivity contribution in [2.45, 2.75) is 64.8 Å². The molecule has 1 fully saturated rings. The second kappa shape index (κ2) is 8.79. The third kappa shape index (κ3) is 4.59. The molecule has 0 unspecified atom stereocenters. The van der Waals surface area contributed by atoms with Gasteiger partial charge in [-0.3, -0.25) is 4.79 Å². The first-order chi connectivity index (χ1) is 12.7. The Morgan fingerprint density at radius 1 is 1.12 bits per heavy atom. The first kappa shape index (κ1) is 18.4. The van der Waals surface area contributed by atoms with E-state index >= 15 is 0 Å². The quantitative estimate of drug-likeness (QED) is 0.763. The predicted molar refractivity (Wildman–Crippen MR) is 106 cm³/mol.